The van der Waals surface area contributed by atoms with Crippen LogP contribution in [0.2, 0.25) is 0 Å². The van der Waals surface area contributed by atoms with Crippen molar-refractivity contribution < 1.29 is 9.47 Å². The fraction of sp³-hybridized carbons (Fsp3) is 0.750. The zero-order chi connectivity index (χ0) is 8.93. The van der Waals surface area contributed by atoms with E-state index in [0.29, 0.717) is 11.6 Å². The van der Waals surface area contributed by atoms with Crippen molar-refractivity contribution in [2.75, 3.05) is 26.3 Å². The Kier molecular flexibility index (Phi) is 2.84. The van der Waals surface area contributed by atoms with Crippen LogP contribution in [0.4, 0.5) is 0 Å². The first kappa shape index (κ1) is 8.60. The van der Waals surface area contributed by atoms with Crippen LogP contribution in [-0.2, 0) is 9.47 Å². The first-order valence-corrected chi connectivity index (χ1v) is 4.64. The molecule has 69 valence electrons. The van der Waals surface area contributed by atoms with E-state index in [-0.39, 0.29) is 0 Å². The molecule has 0 bridgehead atoms. The summed E-state index contributed by atoms with van der Waals surface area (Å²) in [6, 6.07) is 0. The fourth-order valence-electron chi connectivity index (χ4n) is 1.23. The van der Waals surface area contributed by atoms with Gasteiger partial charge in [-0.3, -0.25) is 9.98 Å². The maximum atomic E-state index is 5.31. The first-order valence-electron chi connectivity index (χ1n) is 4.64. The van der Waals surface area contributed by atoms with E-state index in [1.165, 1.54) is 0 Å². The standard InChI is InChI=1S/C8H12BN2O2/c1-3-10-7(12-5-1)9-8-11-4-2-6-13-8/h1-6H2. The molecule has 2 aliphatic heterocycles. The van der Waals surface area contributed by atoms with Gasteiger partial charge >= 0.3 is 7.28 Å². The van der Waals surface area contributed by atoms with Gasteiger partial charge in [-0.15, -0.1) is 0 Å². The van der Waals surface area contributed by atoms with Gasteiger partial charge in [0.2, 0.25) is 0 Å². The van der Waals surface area contributed by atoms with Crippen molar-refractivity contribution in [1.29, 1.82) is 0 Å². The third-order valence-electron chi connectivity index (χ3n) is 1.89. The maximum Gasteiger partial charge on any atom is 0.340 e. The Balaban J connectivity index is 1.88. The van der Waals surface area contributed by atoms with E-state index in [2.05, 4.69) is 9.98 Å². The molecule has 0 unspecified atom stereocenters. The van der Waals surface area contributed by atoms with Crippen molar-refractivity contribution >= 4 is 18.9 Å². The summed E-state index contributed by atoms with van der Waals surface area (Å²) in [4.78, 5) is 8.40. The Morgan fingerprint density at radius 2 is 1.46 bits per heavy atom. The van der Waals surface area contributed by atoms with Crippen LogP contribution in [0.3, 0.4) is 0 Å². The highest BCUT2D eigenvalue weighted by molar-refractivity contribution is 6.96. The average Bonchev–Trinajstić information content (AvgIpc) is 2.21. The number of nitrogens with zero attached hydrogens (tertiary/aromatic N) is 2. The molecule has 0 amide bonds. The van der Waals surface area contributed by atoms with Gasteiger partial charge in [-0.2, -0.15) is 0 Å². The van der Waals surface area contributed by atoms with E-state index in [0.717, 1.165) is 39.1 Å². The second kappa shape index (κ2) is 4.30. The number of ether oxygens (including phenoxy) is 2. The third-order valence-corrected chi connectivity index (χ3v) is 1.89. The van der Waals surface area contributed by atoms with Crippen molar-refractivity contribution in [3.8, 4) is 0 Å². The largest absolute Gasteiger partial charge is 0.490 e. The maximum absolute atomic E-state index is 5.31. The Morgan fingerprint density at radius 1 is 0.923 bits per heavy atom. The van der Waals surface area contributed by atoms with Crippen LogP contribution in [0.5, 0.6) is 0 Å². The quantitative estimate of drug-likeness (QED) is 0.570. The molecule has 0 saturated carbocycles. The summed E-state index contributed by atoms with van der Waals surface area (Å²) < 4.78 is 10.6. The molecule has 2 aliphatic rings. The molecule has 0 aromatic heterocycles. The molecule has 2 heterocycles. The smallest absolute Gasteiger partial charge is 0.340 e. The summed E-state index contributed by atoms with van der Waals surface area (Å²) in [6.45, 7) is 3.20. The monoisotopic (exact) mass is 179 g/mol. The molecule has 0 saturated heterocycles. The summed E-state index contributed by atoms with van der Waals surface area (Å²) in [6.07, 6.45) is 2.01. The SMILES string of the molecule is [B](C1=NCCCO1)C1=NCCCO1. The highest BCUT2D eigenvalue weighted by Gasteiger charge is 2.15. The van der Waals surface area contributed by atoms with Crippen LogP contribution in [0.15, 0.2) is 9.98 Å². The van der Waals surface area contributed by atoms with E-state index in [1.807, 2.05) is 0 Å². The average molecular weight is 179 g/mol. The van der Waals surface area contributed by atoms with Crippen molar-refractivity contribution in [3.63, 3.8) is 0 Å². The van der Waals surface area contributed by atoms with Gasteiger partial charge in [-0.1, -0.05) is 0 Å². The molecule has 2 rings (SSSR count). The summed E-state index contributed by atoms with van der Waals surface area (Å²) in [7, 11) is 1.78. The molecule has 13 heavy (non-hydrogen) atoms. The van der Waals surface area contributed by atoms with Crippen LogP contribution >= 0.6 is 0 Å². The zero-order valence-corrected chi connectivity index (χ0v) is 7.53. The lowest BCUT2D eigenvalue weighted by Crippen LogP contribution is -2.30. The zero-order valence-electron chi connectivity index (χ0n) is 7.53. The van der Waals surface area contributed by atoms with Gasteiger partial charge in [0, 0.05) is 25.9 Å². The molecule has 4 nitrogen and oxygen atoms in total. The lowest BCUT2D eigenvalue weighted by Gasteiger charge is -2.16. The van der Waals surface area contributed by atoms with Crippen molar-refractivity contribution in [3.05, 3.63) is 0 Å². The predicted octanol–water partition coefficient (Wildman–Crippen LogP) is 0.243. The molecular formula is C8H12BN2O2. The van der Waals surface area contributed by atoms with E-state index < -0.39 is 0 Å². The predicted molar refractivity (Wildman–Crippen MR) is 51.5 cm³/mol. The van der Waals surface area contributed by atoms with Crippen LogP contribution in [0.25, 0.3) is 0 Å². The normalized spacial score (nSPS) is 22.2. The van der Waals surface area contributed by atoms with E-state index in [9.17, 15) is 0 Å². The highest BCUT2D eigenvalue weighted by atomic mass is 16.5. The fourth-order valence-corrected chi connectivity index (χ4v) is 1.23. The van der Waals surface area contributed by atoms with E-state index in [4.69, 9.17) is 9.47 Å². The second-order valence-corrected chi connectivity index (χ2v) is 2.99. The number of aliphatic imine (C=N–C) groups is 2. The molecule has 0 aromatic carbocycles. The van der Waals surface area contributed by atoms with Gasteiger partial charge in [0.25, 0.3) is 0 Å². The van der Waals surface area contributed by atoms with Crippen LogP contribution in [-0.4, -0.2) is 45.2 Å². The molecule has 0 atom stereocenters. The Labute approximate surface area is 78.3 Å². The van der Waals surface area contributed by atoms with Gasteiger partial charge < -0.3 is 9.47 Å². The van der Waals surface area contributed by atoms with Crippen LogP contribution < -0.4 is 0 Å². The van der Waals surface area contributed by atoms with Crippen LogP contribution in [0, 0.1) is 0 Å². The number of hydrogen-bond donors (Lipinski definition) is 0. The van der Waals surface area contributed by atoms with Gasteiger partial charge in [0.1, 0.15) is 11.6 Å². The van der Waals surface area contributed by atoms with E-state index >= 15 is 0 Å². The minimum absolute atomic E-state index is 0.659. The van der Waals surface area contributed by atoms with Crippen molar-refractivity contribution in [2.24, 2.45) is 9.98 Å². The van der Waals surface area contributed by atoms with Crippen molar-refractivity contribution in [1.82, 2.24) is 0 Å². The van der Waals surface area contributed by atoms with Gasteiger partial charge in [-0.25, -0.2) is 0 Å². The van der Waals surface area contributed by atoms with Crippen molar-refractivity contribution in [2.45, 2.75) is 12.8 Å². The molecule has 0 fully saturated rings. The minimum Gasteiger partial charge on any atom is -0.490 e. The minimum atomic E-state index is 0.659. The summed E-state index contributed by atoms with van der Waals surface area (Å²) >= 11 is 0. The summed E-state index contributed by atoms with van der Waals surface area (Å²) in [5.74, 6) is 1.32. The number of rotatable bonds is 2. The Bertz CT molecular complexity index is 216. The molecule has 0 aliphatic carbocycles. The number of hydrogen-bond acceptors (Lipinski definition) is 4. The molecule has 0 N–H and O–H groups in total. The van der Waals surface area contributed by atoms with Gasteiger partial charge in [0.05, 0.1) is 13.2 Å². The molecule has 1 radical (unpaired) electrons. The molecule has 5 heteroatoms. The lowest BCUT2D eigenvalue weighted by molar-refractivity contribution is 0.284. The van der Waals surface area contributed by atoms with E-state index in [1.54, 1.807) is 7.28 Å². The molecule has 0 spiro atoms. The topological polar surface area (TPSA) is 43.2 Å². The Hall–Kier alpha value is -0.995. The first-order chi connectivity index (χ1) is 6.45. The summed E-state index contributed by atoms with van der Waals surface area (Å²) in [5, 5.41) is 0. The van der Waals surface area contributed by atoms with Gasteiger partial charge in [0.15, 0.2) is 0 Å². The molecule has 0 aromatic rings. The Morgan fingerprint density at radius 3 is 1.85 bits per heavy atom. The van der Waals surface area contributed by atoms with Crippen LogP contribution in [0.1, 0.15) is 12.8 Å². The second-order valence-electron chi connectivity index (χ2n) is 2.99. The molecular weight excluding hydrogens is 167 g/mol. The third kappa shape index (κ3) is 2.47. The van der Waals surface area contributed by atoms with Gasteiger partial charge in [-0.05, 0) is 0 Å². The highest BCUT2D eigenvalue weighted by Crippen LogP contribution is 2.00. The lowest BCUT2D eigenvalue weighted by atomic mass is 9.77. The summed E-state index contributed by atoms with van der Waals surface area (Å²) in [5.41, 5.74) is 0.